The molecule has 0 bridgehead atoms. The molecule has 0 aromatic heterocycles. The van der Waals surface area contributed by atoms with Gasteiger partial charge < -0.3 is 18.9 Å². The van der Waals surface area contributed by atoms with Crippen molar-refractivity contribution in [2.45, 2.75) is 40.5 Å². The van der Waals surface area contributed by atoms with Crippen molar-refractivity contribution in [1.29, 1.82) is 0 Å². The third-order valence-electron chi connectivity index (χ3n) is 6.51. The fraction of sp³-hybridized carbons (Fsp3) is 0.158. The zero-order valence-electron chi connectivity index (χ0n) is 26.4. The first kappa shape index (κ1) is 34.7. The molecule has 0 fully saturated rings. The number of ether oxygens (including phenoxy) is 4. The fourth-order valence-electron chi connectivity index (χ4n) is 3.89. The average Bonchev–Trinajstić information content (AvgIpc) is 3.02. The summed E-state index contributed by atoms with van der Waals surface area (Å²) in [5.41, 5.74) is 4.34. The highest BCUT2D eigenvalue weighted by atomic mass is 16.5. The molecule has 0 saturated carbocycles. The van der Waals surface area contributed by atoms with Crippen LogP contribution >= 0.6 is 0 Å². The SMILES string of the molecule is C=C(C)C(=O)CCc1ccc(-c2cc(OC(=O)C(=C)C)c(-c3ccc(O/C=C/OC(=O)C(=C)C)cc3)cc2OC(=O)C(=C)C)cc1. The monoisotopic (exact) mass is 620 g/mol. The van der Waals surface area contributed by atoms with Crippen molar-refractivity contribution < 1.29 is 38.1 Å². The predicted octanol–water partition coefficient (Wildman–Crippen LogP) is 8.03. The van der Waals surface area contributed by atoms with E-state index in [1.807, 2.05) is 24.3 Å². The number of hydrogen-bond donors (Lipinski definition) is 0. The number of allylic oxidation sites excluding steroid dienone is 1. The molecule has 0 unspecified atom stereocenters. The molecular weight excluding hydrogens is 584 g/mol. The number of esters is 3. The molecular formula is C38H36O8. The van der Waals surface area contributed by atoms with Crippen LogP contribution < -0.4 is 14.2 Å². The minimum Gasteiger partial charge on any atom is -0.462 e. The van der Waals surface area contributed by atoms with Gasteiger partial charge in [-0.2, -0.15) is 0 Å². The van der Waals surface area contributed by atoms with Crippen LogP contribution in [0.2, 0.25) is 0 Å². The van der Waals surface area contributed by atoms with Crippen LogP contribution in [-0.2, 0) is 30.3 Å². The Morgan fingerprint density at radius 3 is 1.50 bits per heavy atom. The Labute approximate surface area is 268 Å². The van der Waals surface area contributed by atoms with E-state index < -0.39 is 17.9 Å². The predicted molar refractivity (Wildman–Crippen MR) is 177 cm³/mol. The largest absolute Gasteiger partial charge is 0.462 e. The first-order chi connectivity index (χ1) is 21.8. The van der Waals surface area contributed by atoms with Gasteiger partial charge >= 0.3 is 17.9 Å². The quantitative estimate of drug-likeness (QED) is 0.0772. The lowest BCUT2D eigenvalue weighted by atomic mass is 9.96. The van der Waals surface area contributed by atoms with Crippen LogP contribution in [0.1, 0.15) is 39.7 Å². The zero-order valence-corrected chi connectivity index (χ0v) is 26.4. The van der Waals surface area contributed by atoms with E-state index in [0.29, 0.717) is 46.4 Å². The van der Waals surface area contributed by atoms with Gasteiger partial charge in [0.1, 0.15) is 29.8 Å². The third-order valence-corrected chi connectivity index (χ3v) is 6.51. The Kier molecular flexibility index (Phi) is 11.9. The Balaban J connectivity index is 2.04. The molecule has 0 aliphatic carbocycles. The van der Waals surface area contributed by atoms with E-state index in [-0.39, 0.29) is 34.0 Å². The summed E-state index contributed by atoms with van der Waals surface area (Å²) in [7, 11) is 0. The second-order valence-corrected chi connectivity index (χ2v) is 10.7. The lowest BCUT2D eigenvalue weighted by Gasteiger charge is -2.17. The van der Waals surface area contributed by atoms with E-state index in [4.69, 9.17) is 18.9 Å². The van der Waals surface area contributed by atoms with E-state index in [2.05, 4.69) is 26.3 Å². The van der Waals surface area contributed by atoms with E-state index in [1.165, 1.54) is 20.1 Å². The molecule has 0 spiro atoms. The second-order valence-electron chi connectivity index (χ2n) is 10.7. The molecule has 3 aromatic carbocycles. The van der Waals surface area contributed by atoms with Crippen molar-refractivity contribution >= 4 is 23.7 Å². The van der Waals surface area contributed by atoms with Gasteiger partial charge in [0.2, 0.25) is 0 Å². The minimum absolute atomic E-state index is 0.00205. The van der Waals surface area contributed by atoms with Crippen LogP contribution in [0.15, 0.2) is 122 Å². The molecule has 0 saturated heterocycles. The van der Waals surface area contributed by atoms with Gasteiger partial charge in [-0.1, -0.05) is 62.7 Å². The summed E-state index contributed by atoms with van der Waals surface area (Å²) in [6.07, 6.45) is 3.20. The van der Waals surface area contributed by atoms with Crippen LogP contribution in [0.5, 0.6) is 17.2 Å². The molecule has 8 nitrogen and oxygen atoms in total. The third kappa shape index (κ3) is 9.62. The first-order valence-corrected chi connectivity index (χ1v) is 14.3. The molecule has 8 heteroatoms. The molecule has 3 aromatic rings. The summed E-state index contributed by atoms with van der Waals surface area (Å²) in [5.74, 6) is -0.993. The maximum absolute atomic E-state index is 12.7. The summed E-state index contributed by atoms with van der Waals surface area (Å²) < 4.78 is 21.9. The minimum atomic E-state index is -0.634. The highest BCUT2D eigenvalue weighted by molar-refractivity contribution is 5.95. The maximum atomic E-state index is 12.7. The molecule has 236 valence electrons. The van der Waals surface area contributed by atoms with E-state index in [0.717, 1.165) is 11.8 Å². The second kappa shape index (κ2) is 15.8. The van der Waals surface area contributed by atoms with E-state index in [1.54, 1.807) is 50.2 Å². The van der Waals surface area contributed by atoms with Crippen LogP contribution in [0.25, 0.3) is 22.3 Å². The summed E-state index contributed by atoms with van der Waals surface area (Å²) in [5, 5.41) is 0. The number of aryl methyl sites for hydroxylation is 1. The number of benzene rings is 3. The highest BCUT2D eigenvalue weighted by Gasteiger charge is 2.20. The zero-order chi connectivity index (χ0) is 34.0. The van der Waals surface area contributed by atoms with Crippen molar-refractivity contribution in [3.63, 3.8) is 0 Å². The maximum Gasteiger partial charge on any atom is 0.338 e. The summed E-state index contributed by atoms with van der Waals surface area (Å²) in [6.45, 7) is 20.9. The fourth-order valence-corrected chi connectivity index (χ4v) is 3.89. The summed E-state index contributed by atoms with van der Waals surface area (Å²) >= 11 is 0. The van der Waals surface area contributed by atoms with Gasteiger partial charge in [0.05, 0.1) is 0 Å². The van der Waals surface area contributed by atoms with Crippen LogP contribution in [-0.4, -0.2) is 23.7 Å². The summed E-state index contributed by atoms with van der Waals surface area (Å²) in [6, 6.07) is 17.4. The van der Waals surface area contributed by atoms with Gasteiger partial charge in [0.25, 0.3) is 0 Å². The van der Waals surface area contributed by atoms with Crippen molar-refractivity contribution in [3.8, 4) is 39.5 Å². The molecule has 3 rings (SSSR count). The number of Topliss-reactive ketones (excluding diaryl/α,β-unsaturated/α-hetero) is 1. The smallest absolute Gasteiger partial charge is 0.338 e. The van der Waals surface area contributed by atoms with Crippen molar-refractivity contribution in [2.75, 3.05) is 0 Å². The number of hydrogen-bond acceptors (Lipinski definition) is 8. The van der Waals surface area contributed by atoms with Gasteiger partial charge in [-0.3, -0.25) is 4.79 Å². The molecule has 0 amide bonds. The Hall–Kier alpha value is -5.76. The van der Waals surface area contributed by atoms with Gasteiger partial charge in [-0.05, 0) is 80.6 Å². The van der Waals surface area contributed by atoms with Gasteiger partial charge in [0, 0.05) is 34.3 Å². The van der Waals surface area contributed by atoms with E-state index in [9.17, 15) is 19.2 Å². The lowest BCUT2D eigenvalue weighted by molar-refractivity contribution is -0.133. The van der Waals surface area contributed by atoms with Crippen molar-refractivity contribution in [1.82, 2.24) is 0 Å². The molecule has 0 aliphatic heterocycles. The van der Waals surface area contributed by atoms with Gasteiger partial charge in [0.15, 0.2) is 5.78 Å². The van der Waals surface area contributed by atoms with Crippen molar-refractivity contribution in [3.05, 3.63) is 127 Å². The van der Waals surface area contributed by atoms with E-state index >= 15 is 0 Å². The molecule has 46 heavy (non-hydrogen) atoms. The number of ketones is 1. The average molecular weight is 621 g/mol. The topological polar surface area (TPSA) is 105 Å². The molecule has 0 N–H and O–H groups in total. The Morgan fingerprint density at radius 1 is 0.609 bits per heavy atom. The Morgan fingerprint density at radius 2 is 1.07 bits per heavy atom. The summed E-state index contributed by atoms with van der Waals surface area (Å²) in [4.78, 5) is 48.9. The van der Waals surface area contributed by atoms with Gasteiger partial charge in [-0.25, -0.2) is 14.4 Å². The molecule has 0 aliphatic rings. The number of rotatable bonds is 14. The highest BCUT2D eigenvalue weighted by Crippen LogP contribution is 2.42. The van der Waals surface area contributed by atoms with Gasteiger partial charge in [-0.15, -0.1) is 0 Å². The lowest BCUT2D eigenvalue weighted by Crippen LogP contribution is -2.11. The van der Waals surface area contributed by atoms with Crippen LogP contribution in [0, 0.1) is 0 Å². The molecule has 0 atom stereocenters. The van der Waals surface area contributed by atoms with Crippen molar-refractivity contribution in [2.24, 2.45) is 0 Å². The number of carbonyl (C=O) groups is 4. The normalized spacial score (nSPS) is 10.5. The first-order valence-electron chi connectivity index (χ1n) is 14.3. The number of carbonyl (C=O) groups excluding carboxylic acids is 4. The van der Waals surface area contributed by atoms with Crippen LogP contribution in [0.3, 0.4) is 0 Å². The molecule has 0 heterocycles. The van der Waals surface area contributed by atoms with Crippen LogP contribution in [0.4, 0.5) is 0 Å². The Bertz CT molecular complexity index is 1740. The standard InChI is InChI=1S/C38H36O8/c1-23(2)33(39)18-11-27-9-12-28(13-10-27)31-21-35(46-38(42)26(7)8)32(22-34(31)45-37(41)25(5)6)29-14-16-30(17-15-29)43-19-20-44-36(40)24(3)4/h9-10,12-17,19-22H,1,3,5,7,11,18H2,2,4,6,8H3/b20-19+. The molecule has 0 radical (unpaired) electrons.